The van der Waals surface area contributed by atoms with Gasteiger partial charge in [0.2, 0.25) is 11.8 Å². The number of hydrogen-bond donors (Lipinski definition) is 4. The first kappa shape index (κ1) is 23.4. The average molecular weight is 478 g/mol. The summed E-state index contributed by atoms with van der Waals surface area (Å²) in [5, 5.41) is 14.7. The van der Waals surface area contributed by atoms with Crippen molar-refractivity contribution in [1.82, 2.24) is 10.6 Å². The molecular weight excluding hydrogens is 454 g/mol. The second kappa shape index (κ2) is 11.3. The van der Waals surface area contributed by atoms with E-state index in [0.717, 1.165) is 15.6 Å². The van der Waals surface area contributed by atoms with Gasteiger partial charge in [0.05, 0.1) is 6.10 Å². The van der Waals surface area contributed by atoms with Gasteiger partial charge in [-0.05, 0) is 30.2 Å². The number of amides is 3. The van der Waals surface area contributed by atoms with Crippen LogP contribution in [0.5, 0.6) is 0 Å². The van der Waals surface area contributed by atoms with Crippen LogP contribution < -0.4 is 16.4 Å². The summed E-state index contributed by atoms with van der Waals surface area (Å²) in [5.74, 6) is -1.48. The minimum atomic E-state index is -1.32. The van der Waals surface area contributed by atoms with Crippen LogP contribution >= 0.6 is 15.9 Å². The molecule has 0 saturated carbocycles. The van der Waals surface area contributed by atoms with Crippen LogP contribution in [0.2, 0.25) is 0 Å². The molecule has 0 aromatic heterocycles. The molecule has 0 fully saturated rings. The number of nitrogens with two attached hydrogens (primary N) is 1. The quantitative estimate of drug-likeness (QED) is 0.435. The Hall–Kier alpha value is -2.91. The van der Waals surface area contributed by atoms with E-state index in [4.69, 9.17) is 10.5 Å². The number of rotatable bonds is 9. The molecule has 3 amide bonds. The van der Waals surface area contributed by atoms with E-state index in [-0.39, 0.29) is 13.0 Å². The number of ether oxygens (including phenoxy) is 1. The fourth-order valence-corrected chi connectivity index (χ4v) is 2.90. The van der Waals surface area contributed by atoms with Gasteiger partial charge in [-0.2, -0.15) is 0 Å². The third-order valence-electron chi connectivity index (χ3n) is 4.26. The van der Waals surface area contributed by atoms with E-state index in [1.807, 2.05) is 6.07 Å². The molecule has 2 rings (SSSR count). The standard InChI is InChI=1S/C21H24BrN3O5/c1-13(26)18(25-21(29)30-12-15-5-3-2-4-6-15)20(28)24-17(19(23)27)11-14-7-9-16(22)10-8-14/h2-10,13,17-18,26H,11-12H2,1H3,(H2,23,27)(H,24,28)(H,25,29)/t13-,17+,18+/m1/s1. The second-order valence-electron chi connectivity index (χ2n) is 6.72. The summed E-state index contributed by atoms with van der Waals surface area (Å²) in [6.07, 6.45) is -1.93. The molecule has 0 aliphatic carbocycles. The van der Waals surface area contributed by atoms with Crippen molar-refractivity contribution in [2.45, 2.75) is 38.1 Å². The average Bonchev–Trinajstić information content (AvgIpc) is 2.71. The molecule has 3 atom stereocenters. The number of halogens is 1. The van der Waals surface area contributed by atoms with E-state index in [9.17, 15) is 19.5 Å². The summed E-state index contributed by atoms with van der Waals surface area (Å²) in [4.78, 5) is 36.5. The number of primary amides is 1. The molecule has 9 heteroatoms. The Morgan fingerprint density at radius 1 is 1.03 bits per heavy atom. The Morgan fingerprint density at radius 2 is 1.67 bits per heavy atom. The first-order valence-electron chi connectivity index (χ1n) is 9.25. The van der Waals surface area contributed by atoms with E-state index < -0.39 is 36.1 Å². The van der Waals surface area contributed by atoms with Gasteiger partial charge in [-0.1, -0.05) is 58.4 Å². The number of carbonyl (C=O) groups is 3. The zero-order chi connectivity index (χ0) is 22.1. The normalized spacial score (nSPS) is 13.6. The number of aliphatic hydroxyl groups is 1. The molecule has 0 aliphatic rings. The molecule has 160 valence electrons. The van der Waals surface area contributed by atoms with Crippen molar-refractivity contribution < 1.29 is 24.2 Å². The van der Waals surface area contributed by atoms with Crippen molar-refractivity contribution in [1.29, 1.82) is 0 Å². The van der Waals surface area contributed by atoms with Crippen molar-refractivity contribution in [3.05, 3.63) is 70.2 Å². The zero-order valence-electron chi connectivity index (χ0n) is 16.4. The molecule has 30 heavy (non-hydrogen) atoms. The van der Waals surface area contributed by atoms with Crippen molar-refractivity contribution >= 4 is 33.8 Å². The topological polar surface area (TPSA) is 131 Å². The highest BCUT2D eigenvalue weighted by Crippen LogP contribution is 2.12. The van der Waals surface area contributed by atoms with Gasteiger partial charge in [-0.15, -0.1) is 0 Å². The van der Waals surface area contributed by atoms with Crippen LogP contribution in [-0.4, -0.2) is 41.2 Å². The van der Waals surface area contributed by atoms with Gasteiger partial charge in [0, 0.05) is 10.9 Å². The van der Waals surface area contributed by atoms with Gasteiger partial charge in [0.25, 0.3) is 0 Å². The SMILES string of the molecule is C[C@@H](O)[C@H](NC(=O)OCc1ccccc1)C(=O)N[C@@H](Cc1ccc(Br)cc1)C(N)=O. The molecule has 0 unspecified atom stereocenters. The summed E-state index contributed by atoms with van der Waals surface area (Å²) < 4.78 is 5.95. The number of aliphatic hydroxyl groups excluding tert-OH is 1. The lowest BCUT2D eigenvalue weighted by Gasteiger charge is -2.23. The van der Waals surface area contributed by atoms with Gasteiger partial charge in [0.1, 0.15) is 18.7 Å². The maximum atomic E-state index is 12.6. The zero-order valence-corrected chi connectivity index (χ0v) is 18.0. The van der Waals surface area contributed by atoms with Crippen LogP contribution in [0.1, 0.15) is 18.1 Å². The molecule has 2 aromatic carbocycles. The maximum absolute atomic E-state index is 12.6. The monoisotopic (exact) mass is 477 g/mol. The number of benzene rings is 2. The summed E-state index contributed by atoms with van der Waals surface area (Å²) >= 11 is 3.33. The third-order valence-corrected chi connectivity index (χ3v) is 4.79. The molecule has 0 radical (unpaired) electrons. The molecular formula is C21H24BrN3O5. The molecule has 8 nitrogen and oxygen atoms in total. The van der Waals surface area contributed by atoms with Crippen molar-refractivity contribution in [3.8, 4) is 0 Å². The Kier molecular flexibility index (Phi) is 8.82. The predicted molar refractivity (Wildman–Crippen MR) is 114 cm³/mol. The predicted octanol–water partition coefficient (Wildman–Crippen LogP) is 1.64. The number of nitrogens with one attached hydrogen (secondary N) is 2. The summed E-state index contributed by atoms with van der Waals surface area (Å²) in [7, 11) is 0. The fourth-order valence-electron chi connectivity index (χ4n) is 2.64. The van der Waals surface area contributed by atoms with Gasteiger partial charge < -0.3 is 26.2 Å². The molecule has 0 bridgehead atoms. The summed E-state index contributed by atoms with van der Waals surface area (Å²) in [5.41, 5.74) is 6.97. The number of hydrogen-bond acceptors (Lipinski definition) is 5. The number of carbonyl (C=O) groups excluding carboxylic acids is 3. The molecule has 0 spiro atoms. The lowest BCUT2D eigenvalue weighted by Crippen LogP contribution is -2.57. The molecule has 5 N–H and O–H groups in total. The van der Waals surface area contributed by atoms with Crippen LogP contribution in [0, 0.1) is 0 Å². The van der Waals surface area contributed by atoms with Crippen LogP contribution in [0.3, 0.4) is 0 Å². The first-order chi connectivity index (χ1) is 14.3. The minimum Gasteiger partial charge on any atom is -0.445 e. The van der Waals surface area contributed by atoms with Crippen LogP contribution in [0.25, 0.3) is 0 Å². The molecule has 0 saturated heterocycles. The largest absolute Gasteiger partial charge is 0.445 e. The fraction of sp³-hybridized carbons (Fsp3) is 0.286. The highest BCUT2D eigenvalue weighted by Gasteiger charge is 2.29. The van der Waals surface area contributed by atoms with Gasteiger partial charge in [-0.25, -0.2) is 4.79 Å². The van der Waals surface area contributed by atoms with Crippen molar-refractivity contribution in [2.24, 2.45) is 5.73 Å². The lowest BCUT2D eigenvalue weighted by atomic mass is 10.0. The second-order valence-corrected chi connectivity index (χ2v) is 7.63. The van der Waals surface area contributed by atoms with E-state index in [2.05, 4.69) is 26.6 Å². The highest BCUT2D eigenvalue weighted by molar-refractivity contribution is 9.10. The third kappa shape index (κ3) is 7.49. The van der Waals surface area contributed by atoms with E-state index >= 15 is 0 Å². The number of alkyl carbamates (subject to hydrolysis) is 1. The van der Waals surface area contributed by atoms with Crippen molar-refractivity contribution in [2.75, 3.05) is 0 Å². The highest BCUT2D eigenvalue weighted by atomic mass is 79.9. The summed E-state index contributed by atoms with van der Waals surface area (Å²) in [6, 6.07) is 13.9. The first-order valence-corrected chi connectivity index (χ1v) is 10.0. The molecule has 0 aliphatic heterocycles. The van der Waals surface area contributed by atoms with Crippen LogP contribution in [0.4, 0.5) is 4.79 Å². The van der Waals surface area contributed by atoms with Gasteiger partial charge >= 0.3 is 6.09 Å². The van der Waals surface area contributed by atoms with Gasteiger partial charge in [-0.3, -0.25) is 9.59 Å². The van der Waals surface area contributed by atoms with Gasteiger partial charge in [0.15, 0.2) is 0 Å². The molecule has 0 heterocycles. The minimum absolute atomic E-state index is 0.00823. The maximum Gasteiger partial charge on any atom is 0.408 e. The van der Waals surface area contributed by atoms with E-state index in [0.29, 0.717) is 0 Å². The van der Waals surface area contributed by atoms with Crippen molar-refractivity contribution in [3.63, 3.8) is 0 Å². The Morgan fingerprint density at radius 3 is 2.23 bits per heavy atom. The van der Waals surface area contributed by atoms with Crippen LogP contribution in [0.15, 0.2) is 59.1 Å². The van der Waals surface area contributed by atoms with Crippen LogP contribution in [-0.2, 0) is 27.4 Å². The lowest BCUT2D eigenvalue weighted by molar-refractivity contribution is -0.130. The Labute approximate surface area is 182 Å². The Balaban J connectivity index is 1.97. The van der Waals surface area contributed by atoms with E-state index in [1.54, 1.807) is 48.5 Å². The van der Waals surface area contributed by atoms with E-state index in [1.165, 1.54) is 6.92 Å². The molecule has 2 aromatic rings. The summed E-state index contributed by atoms with van der Waals surface area (Å²) in [6.45, 7) is 1.35. The Bertz CT molecular complexity index is 859. The smallest absolute Gasteiger partial charge is 0.408 e.